The molecule has 0 spiro atoms. The molecule has 1 aliphatic carbocycles. The number of nitrogens with two attached hydrogens (primary N) is 1. The molecule has 0 radical (unpaired) electrons. The van der Waals surface area contributed by atoms with Crippen molar-refractivity contribution < 1.29 is 0 Å². The van der Waals surface area contributed by atoms with Crippen LogP contribution < -0.4 is 5.73 Å². The number of aryl methyl sites for hydroxylation is 1. The third-order valence-electron chi connectivity index (χ3n) is 4.28. The molecule has 1 saturated carbocycles. The van der Waals surface area contributed by atoms with Gasteiger partial charge in [0.25, 0.3) is 0 Å². The second-order valence-corrected chi connectivity index (χ2v) is 6.70. The number of anilines is 1. The van der Waals surface area contributed by atoms with E-state index in [1.165, 1.54) is 31.2 Å². The van der Waals surface area contributed by atoms with Gasteiger partial charge >= 0.3 is 0 Å². The normalized spacial score (nSPS) is 15.5. The van der Waals surface area contributed by atoms with Crippen LogP contribution in [0.5, 0.6) is 0 Å². The van der Waals surface area contributed by atoms with Gasteiger partial charge < -0.3 is 5.73 Å². The summed E-state index contributed by atoms with van der Waals surface area (Å²) in [6.45, 7) is 2.16. The van der Waals surface area contributed by atoms with E-state index in [1.54, 1.807) is 0 Å². The maximum absolute atomic E-state index is 6.16. The Labute approximate surface area is 139 Å². The lowest BCUT2D eigenvalue weighted by molar-refractivity contribution is 0.691. The number of rotatable bonds is 3. The van der Waals surface area contributed by atoms with Gasteiger partial charge in [-0.25, -0.2) is 9.97 Å². The maximum atomic E-state index is 6.16. The molecule has 0 unspecified atom stereocenters. The van der Waals surface area contributed by atoms with Crippen molar-refractivity contribution in [1.29, 1.82) is 0 Å². The lowest BCUT2D eigenvalue weighted by Crippen LogP contribution is -2.08. The van der Waals surface area contributed by atoms with Crippen LogP contribution in [0.15, 0.2) is 24.3 Å². The van der Waals surface area contributed by atoms with Gasteiger partial charge in [0.15, 0.2) is 5.82 Å². The van der Waals surface area contributed by atoms with E-state index in [4.69, 9.17) is 10.7 Å². The molecule has 0 aliphatic heterocycles. The number of nitrogens with zero attached hydrogens (tertiary/aromatic N) is 2. The van der Waals surface area contributed by atoms with E-state index in [1.807, 2.05) is 6.07 Å². The van der Waals surface area contributed by atoms with Crippen LogP contribution in [-0.4, -0.2) is 9.97 Å². The zero-order valence-corrected chi connectivity index (χ0v) is 14.4. The van der Waals surface area contributed by atoms with Crippen LogP contribution >= 0.6 is 22.6 Å². The smallest absolute Gasteiger partial charge is 0.162 e. The minimum atomic E-state index is 0.551. The SMILES string of the molecule is CCc1ccccc1-c1nc(N)c(I)c(C2CCCC2)n1. The van der Waals surface area contributed by atoms with E-state index in [2.05, 4.69) is 52.7 Å². The van der Waals surface area contributed by atoms with Crippen LogP contribution in [0.3, 0.4) is 0 Å². The highest BCUT2D eigenvalue weighted by molar-refractivity contribution is 14.1. The first-order valence-electron chi connectivity index (χ1n) is 7.62. The molecule has 2 aromatic rings. The summed E-state index contributed by atoms with van der Waals surface area (Å²) < 4.78 is 1.04. The maximum Gasteiger partial charge on any atom is 0.162 e. The first kappa shape index (κ1) is 14.8. The molecular formula is C17H20IN3. The molecule has 1 aromatic heterocycles. The highest BCUT2D eigenvalue weighted by Crippen LogP contribution is 2.37. The van der Waals surface area contributed by atoms with E-state index in [0.717, 1.165) is 27.1 Å². The average molecular weight is 393 g/mol. The van der Waals surface area contributed by atoms with E-state index >= 15 is 0 Å². The van der Waals surface area contributed by atoms with Gasteiger partial charge in [-0.1, -0.05) is 44.0 Å². The monoisotopic (exact) mass is 393 g/mol. The Balaban J connectivity index is 2.11. The summed E-state index contributed by atoms with van der Waals surface area (Å²) in [5.74, 6) is 1.95. The summed E-state index contributed by atoms with van der Waals surface area (Å²) in [5, 5.41) is 0. The summed E-state index contributed by atoms with van der Waals surface area (Å²) in [7, 11) is 0. The van der Waals surface area contributed by atoms with Gasteiger partial charge in [0, 0.05) is 11.5 Å². The van der Waals surface area contributed by atoms with Crippen LogP contribution in [0.25, 0.3) is 11.4 Å². The zero-order chi connectivity index (χ0) is 14.8. The topological polar surface area (TPSA) is 51.8 Å². The lowest BCUT2D eigenvalue weighted by Gasteiger charge is -2.15. The van der Waals surface area contributed by atoms with Gasteiger partial charge in [0.05, 0.1) is 9.26 Å². The number of hydrogen-bond acceptors (Lipinski definition) is 3. The Morgan fingerprint density at radius 2 is 1.90 bits per heavy atom. The quantitative estimate of drug-likeness (QED) is 0.779. The van der Waals surface area contributed by atoms with Crippen molar-refractivity contribution in [2.24, 2.45) is 0 Å². The summed E-state index contributed by atoms with van der Waals surface area (Å²) in [5.41, 5.74) is 9.70. The molecular weight excluding hydrogens is 373 g/mol. The molecule has 3 nitrogen and oxygen atoms in total. The standard InChI is InChI=1S/C17H20IN3/c1-2-11-7-5-6-10-13(11)17-20-15(12-8-3-4-9-12)14(18)16(19)21-17/h5-7,10,12H,2-4,8-9H2,1H3,(H2,19,20,21). The third kappa shape index (κ3) is 2.91. The fourth-order valence-electron chi connectivity index (χ4n) is 3.12. The minimum absolute atomic E-state index is 0.551. The Kier molecular flexibility index (Phi) is 4.42. The summed E-state index contributed by atoms with van der Waals surface area (Å²) >= 11 is 2.30. The van der Waals surface area contributed by atoms with Gasteiger partial charge in [0.1, 0.15) is 5.82 Å². The summed E-state index contributed by atoms with van der Waals surface area (Å²) in [6.07, 6.45) is 6.02. The fourth-order valence-corrected chi connectivity index (χ4v) is 3.80. The second kappa shape index (κ2) is 6.30. The van der Waals surface area contributed by atoms with Gasteiger partial charge in [-0.2, -0.15) is 0 Å². The molecule has 1 aliphatic rings. The number of nitrogen functional groups attached to an aromatic ring is 1. The molecule has 1 heterocycles. The van der Waals surface area contributed by atoms with Crippen LogP contribution in [0.4, 0.5) is 5.82 Å². The third-order valence-corrected chi connectivity index (χ3v) is 5.39. The first-order valence-corrected chi connectivity index (χ1v) is 8.69. The average Bonchev–Trinajstić information content (AvgIpc) is 3.04. The van der Waals surface area contributed by atoms with Crippen LogP contribution in [0.2, 0.25) is 0 Å². The Hall–Kier alpha value is -1.17. The minimum Gasteiger partial charge on any atom is -0.383 e. The predicted molar refractivity (Wildman–Crippen MR) is 95.2 cm³/mol. The van der Waals surface area contributed by atoms with Crippen molar-refractivity contribution in [2.75, 3.05) is 5.73 Å². The molecule has 3 rings (SSSR count). The van der Waals surface area contributed by atoms with Gasteiger partial charge in [0.2, 0.25) is 0 Å². The highest BCUT2D eigenvalue weighted by Gasteiger charge is 2.23. The Morgan fingerprint density at radius 3 is 2.62 bits per heavy atom. The molecule has 0 saturated heterocycles. The van der Waals surface area contributed by atoms with E-state index in [-0.39, 0.29) is 0 Å². The molecule has 0 amide bonds. The van der Waals surface area contributed by atoms with Crippen molar-refractivity contribution in [2.45, 2.75) is 44.9 Å². The second-order valence-electron chi connectivity index (χ2n) is 5.62. The van der Waals surface area contributed by atoms with E-state index < -0.39 is 0 Å². The van der Waals surface area contributed by atoms with E-state index in [0.29, 0.717) is 11.7 Å². The Bertz CT molecular complexity index is 648. The largest absolute Gasteiger partial charge is 0.383 e. The van der Waals surface area contributed by atoms with Gasteiger partial charge in [-0.15, -0.1) is 0 Å². The molecule has 1 aromatic carbocycles. The van der Waals surface area contributed by atoms with Crippen LogP contribution in [0, 0.1) is 3.57 Å². The number of aromatic nitrogens is 2. The van der Waals surface area contributed by atoms with E-state index in [9.17, 15) is 0 Å². The van der Waals surface area contributed by atoms with Crippen molar-refractivity contribution in [3.05, 3.63) is 39.1 Å². The molecule has 4 heteroatoms. The van der Waals surface area contributed by atoms with Crippen molar-refractivity contribution >= 4 is 28.4 Å². The molecule has 21 heavy (non-hydrogen) atoms. The molecule has 0 atom stereocenters. The predicted octanol–water partition coefficient (Wildman–Crippen LogP) is 4.55. The lowest BCUT2D eigenvalue weighted by atomic mass is 10.0. The van der Waals surface area contributed by atoms with Crippen LogP contribution in [0.1, 0.15) is 49.8 Å². The molecule has 2 N–H and O–H groups in total. The summed E-state index contributed by atoms with van der Waals surface area (Å²) in [6, 6.07) is 8.35. The molecule has 110 valence electrons. The van der Waals surface area contributed by atoms with Gasteiger partial charge in [-0.3, -0.25) is 0 Å². The van der Waals surface area contributed by atoms with Crippen molar-refractivity contribution in [1.82, 2.24) is 9.97 Å². The van der Waals surface area contributed by atoms with Crippen molar-refractivity contribution in [3.63, 3.8) is 0 Å². The van der Waals surface area contributed by atoms with Crippen LogP contribution in [-0.2, 0) is 6.42 Å². The highest BCUT2D eigenvalue weighted by atomic mass is 127. The first-order chi connectivity index (χ1) is 10.2. The molecule has 0 bridgehead atoms. The number of hydrogen-bond donors (Lipinski definition) is 1. The van der Waals surface area contributed by atoms with Crippen molar-refractivity contribution in [3.8, 4) is 11.4 Å². The summed E-state index contributed by atoms with van der Waals surface area (Å²) in [4.78, 5) is 9.44. The fraction of sp³-hybridized carbons (Fsp3) is 0.412. The number of halogens is 1. The van der Waals surface area contributed by atoms with Gasteiger partial charge in [-0.05, 0) is 47.4 Å². The molecule has 1 fully saturated rings. The number of benzene rings is 1. The zero-order valence-electron chi connectivity index (χ0n) is 12.3. The Morgan fingerprint density at radius 1 is 1.19 bits per heavy atom.